The van der Waals surface area contributed by atoms with Crippen molar-refractivity contribution in [2.45, 2.75) is 18.9 Å². The van der Waals surface area contributed by atoms with Crippen molar-refractivity contribution in [3.05, 3.63) is 12.7 Å². The van der Waals surface area contributed by atoms with Crippen molar-refractivity contribution >= 4 is 23.4 Å². The van der Waals surface area contributed by atoms with Gasteiger partial charge in [0.1, 0.15) is 0 Å². The predicted molar refractivity (Wildman–Crippen MR) is 69.4 cm³/mol. The van der Waals surface area contributed by atoms with Crippen LogP contribution >= 0.6 is 12.2 Å². The number of thiocarbonyl (C=S) groups is 1. The minimum Gasteiger partial charge on any atom is -0.376 e. The van der Waals surface area contributed by atoms with Crippen molar-refractivity contribution in [3.8, 4) is 0 Å². The zero-order valence-corrected chi connectivity index (χ0v) is 10.4. The monoisotopic (exact) mass is 258 g/mol. The van der Waals surface area contributed by atoms with Crippen LogP contribution in [0.2, 0.25) is 0 Å². The van der Waals surface area contributed by atoms with E-state index in [9.17, 15) is 4.79 Å². The van der Waals surface area contributed by atoms with Gasteiger partial charge in [-0.2, -0.15) is 0 Å². The van der Waals surface area contributed by atoms with E-state index >= 15 is 0 Å². The van der Waals surface area contributed by atoms with Gasteiger partial charge in [-0.1, -0.05) is 6.08 Å². The molecule has 0 aromatic rings. The maximum Gasteiger partial charge on any atom is 0.333 e. The van der Waals surface area contributed by atoms with Crippen molar-refractivity contribution in [1.82, 2.24) is 21.5 Å². The number of carbonyl (C=O) groups excluding carboxylic acids is 1. The second kappa shape index (κ2) is 7.86. The molecule has 0 bridgehead atoms. The van der Waals surface area contributed by atoms with Crippen LogP contribution in [0.3, 0.4) is 0 Å². The molecule has 1 saturated heterocycles. The van der Waals surface area contributed by atoms with E-state index in [1.165, 1.54) is 0 Å². The highest BCUT2D eigenvalue weighted by Gasteiger charge is 2.15. The molecule has 1 aliphatic rings. The maximum atomic E-state index is 11.1. The van der Waals surface area contributed by atoms with Crippen molar-refractivity contribution < 1.29 is 9.53 Å². The molecule has 6 nitrogen and oxygen atoms in total. The molecule has 1 heterocycles. The highest BCUT2D eigenvalue weighted by atomic mass is 32.1. The fourth-order valence-corrected chi connectivity index (χ4v) is 1.51. The Hall–Kier alpha value is -1.34. The average molecular weight is 258 g/mol. The molecule has 1 atom stereocenters. The Morgan fingerprint density at radius 2 is 2.29 bits per heavy atom. The van der Waals surface area contributed by atoms with E-state index in [1.807, 2.05) is 0 Å². The standard InChI is InChI=1S/C10H18N4O2S/c1-2-5-11-9(15)13-14-10(17)12-7-8-4-3-6-16-8/h2,8H,1,3-7H2,(H2,11,13,15)(H2,12,14,17)/t8-/m1/s1. The molecule has 0 aromatic carbocycles. The number of rotatable bonds is 4. The Kier molecular flexibility index (Phi) is 6.34. The summed E-state index contributed by atoms with van der Waals surface area (Å²) in [5, 5.41) is 5.88. The van der Waals surface area contributed by atoms with E-state index in [0.717, 1.165) is 19.4 Å². The fraction of sp³-hybridized carbons (Fsp3) is 0.600. The first-order valence-corrected chi connectivity index (χ1v) is 5.93. The maximum absolute atomic E-state index is 11.1. The van der Waals surface area contributed by atoms with E-state index in [0.29, 0.717) is 18.2 Å². The van der Waals surface area contributed by atoms with Gasteiger partial charge in [-0.05, 0) is 25.1 Å². The van der Waals surface area contributed by atoms with Crippen LogP contribution in [0.15, 0.2) is 12.7 Å². The van der Waals surface area contributed by atoms with E-state index in [4.69, 9.17) is 17.0 Å². The smallest absolute Gasteiger partial charge is 0.333 e. The minimum absolute atomic E-state index is 0.212. The summed E-state index contributed by atoms with van der Waals surface area (Å²) < 4.78 is 5.42. The summed E-state index contributed by atoms with van der Waals surface area (Å²) in [6.45, 7) is 5.36. The molecule has 1 aliphatic heterocycles. The molecular formula is C10H18N4O2S. The molecule has 1 fully saturated rings. The van der Waals surface area contributed by atoms with Gasteiger partial charge in [0.15, 0.2) is 5.11 Å². The zero-order chi connectivity index (χ0) is 12.5. The number of ether oxygens (including phenoxy) is 1. The minimum atomic E-state index is -0.355. The predicted octanol–water partition coefficient (Wildman–Crippen LogP) is 0.0297. The molecule has 96 valence electrons. The second-order valence-corrected chi connectivity index (χ2v) is 4.00. The van der Waals surface area contributed by atoms with E-state index < -0.39 is 0 Å². The van der Waals surface area contributed by atoms with Crippen LogP contribution in [0.1, 0.15) is 12.8 Å². The number of hydrogen-bond donors (Lipinski definition) is 4. The van der Waals surface area contributed by atoms with Crippen LogP contribution < -0.4 is 21.5 Å². The molecule has 0 unspecified atom stereocenters. The van der Waals surface area contributed by atoms with Crippen molar-refractivity contribution in [2.75, 3.05) is 19.7 Å². The second-order valence-electron chi connectivity index (χ2n) is 3.59. The van der Waals surface area contributed by atoms with Crippen LogP contribution in [0.5, 0.6) is 0 Å². The number of hydrazine groups is 1. The third kappa shape index (κ3) is 6.08. The quantitative estimate of drug-likeness (QED) is 0.325. The molecule has 0 aromatic heterocycles. The van der Waals surface area contributed by atoms with Crippen LogP contribution in [-0.2, 0) is 4.74 Å². The van der Waals surface area contributed by atoms with Crippen LogP contribution in [0, 0.1) is 0 Å². The summed E-state index contributed by atoms with van der Waals surface area (Å²) in [7, 11) is 0. The summed E-state index contributed by atoms with van der Waals surface area (Å²) >= 11 is 4.98. The van der Waals surface area contributed by atoms with Gasteiger partial charge in [0.05, 0.1) is 6.10 Å². The number of hydrogen-bond acceptors (Lipinski definition) is 3. The van der Waals surface area contributed by atoms with E-state index in [2.05, 4.69) is 28.1 Å². The average Bonchev–Trinajstić information content (AvgIpc) is 2.84. The Morgan fingerprint density at radius 3 is 2.94 bits per heavy atom. The summed E-state index contributed by atoms with van der Waals surface area (Å²) in [6.07, 6.45) is 3.94. The molecule has 1 rings (SSSR count). The first-order chi connectivity index (χ1) is 8.22. The van der Waals surface area contributed by atoms with Gasteiger partial charge in [0.2, 0.25) is 0 Å². The molecule has 2 amide bonds. The van der Waals surface area contributed by atoms with Crippen molar-refractivity contribution in [1.29, 1.82) is 0 Å². The summed E-state index contributed by atoms with van der Waals surface area (Å²) in [5.74, 6) is 0. The number of nitrogens with one attached hydrogen (secondary N) is 4. The molecular weight excluding hydrogens is 240 g/mol. The summed E-state index contributed by atoms with van der Waals surface area (Å²) in [4.78, 5) is 11.1. The topological polar surface area (TPSA) is 74.4 Å². The molecule has 0 spiro atoms. The van der Waals surface area contributed by atoms with Crippen LogP contribution in [0.4, 0.5) is 4.79 Å². The molecule has 0 saturated carbocycles. The molecule has 17 heavy (non-hydrogen) atoms. The fourth-order valence-electron chi connectivity index (χ4n) is 1.38. The Morgan fingerprint density at radius 1 is 1.47 bits per heavy atom. The molecule has 7 heteroatoms. The number of carbonyl (C=O) groups is 1. The molecule has 0 radical (unpaired) electrons. The lowest BCUT2D eigenvalue weighted by atomic mass is 10.2. The van der Waals surface area contributed by atoms with Gasteiger partial charge in [-0.25, -0.2) is 10.2 Å². The van der Waals surface area contributed by atoms with Crippen LogP contribution in [-0.4, -0.2) is 36.9 Å². The van der Waals surface area contributed by atoms with Crippen molar-refractivity contribution in [3.63, 3.8) is 0 Å². The first kappa shape index (κ1) is 13.7. The highest BCUT2D eigenvalue weighted by Crippen LogP contribution is 2.10. The summed E-state index contributed by atoms with van der Waals surface area (Å²) in [6, 6.07) is -0.355. The van der Waals surface area contributed by atoms with Gasteiger partial charge < -0.3 is 15.4 Å². The lowest BCUT2D eigenvalue weighted by Crippen LogP contribution is -2.51. The van der Waals surface area contributed by atoms with E-state index in [1.54, 1.807) is 6.08 Å². The molecule has 4 N–H and O–H groups in total. The highest BCUT2D eigenvalue weighted by molar-refractivity contribution is 7.80. The largest absolute Gasteiger partial charge is 0.376 e. The van der Waals surface area contributed by atoms with Crippen molar-refractivity contribution in [2.24, 2.45) is 0 Å². The Bertz CT molecular complexity index is 279. The zero-order valence-electron chi connectivity index (χ0n) is 9.62. The van der Waals surface area contributed by atoms with Gasteiger partial charge in [-0.3, -0.25) is 5.43 Å². The third-order valence-corrected chi connectivity index (χ3v) is 2.46. The molecule has 0 aliphatic carbocycles. The lowest BCUT2D eigenvalue weighted by Gasteiger charge is -2.14. The lowest BCUT2D eigenvalue weighted by molar-refractivity contribution is 0.114. The number of urea groups is 1. The Labute approximate surface area is 106 Å². The summed E-state index contributed by atoms with van der Waals surface area (Å²) in [5.41, 5.74) is 4.98. The first-order valence-electron chi connectivity index (χ1n) is 5.52. The van der Waals surface area contributed by atoms with Gasteiger partial charge >= 0.3 is 6.03 Å². The van der Waals surface area contributed by atoms with Gasteiger partial charge in [0.25, 0.3) is 0 Å². The van der Waals surface area contributed by atoms with E-state index in [-0.39, 0.29) is 12.1 Å². The van der Waals surface area contributed by atoms with Crippen LogP contribution in [0.25, 0.3) is 0 Å². The Balaban J connectivity index is 2.03. The van der Waals surface area contributed by atoms with Gasteiger partial charge in [0, 0.05) is 19.7 Å². The number of amides is 2. The van der Waals surface area contributed by atoms with Gasteiger partial charge in [-0.15, -0.1) is 6.58 Å². The third-order valence-electron chi connectivity index (χ3n) is 2.21. The SMILES string of the molecule is C=CCNC(=O)NNC(=S)NC[C@H]1CCCO1. The normalized spacial score (nSPS) is 18.2.